The van der Waals surface area contributed by atoms with Crippen LogP contribution in [0.1, 0.15) is 6.42 Å². The van der Waals surface area contributed by atoms with Gasteiger partial charge in [-0.25, -0.2) is 0 Å². The number of rotatable bonds is 5. The summed E-state index contributed by atoms with van der Waals surface area (Å²) in [6.07, 6.45) is 0.824. The number of thiocarbonyl (C=S) groups is 1. The van der Waals surface area contributed by atoms with Crippen LogP contribution >= 0.6 is 12.2 Å². The summed E-state index contributed by atoms with van der Waals surface area (Å²) in [5, 5.41) is 0.979. The number of para-hydroxylation sites is 1. The second-order valence-electron chi connectivity index (χ2n) is 7.18. The van der Waals surface area contributed by atoms with E-state index >= 15 is 0 Å². The van der Waals surface area contributed by atoms with Crippen molar-refractivity contribution >= 4 is 28.3 Å². The summed E-state index contributed by atoms with van der Waals surface area (Å²) in [5.74, 6) is 0. The van der Waals surface area contributed by atoms with Gasteiger partial charge in [-0.2, -0.15) is 4.98 Å². The quantitative estimate of drug-likeness (QED) is 0.714. The monoisotopic (exact) mass is 389 g/mol. The highest BCUT2D eigenvalue weighted by Gasteiger charge is 2.20. The molecule has 1 fully saturated rings. The van der Waals surface area contributed by atoms with Crippen molar-refractivity contribution in [3.8, 4) is 6.01 Å². The lowest BCUT2D eigenvalue weighted by Crippen LogP contribution is -2.48. The molecule has 1 aliphatic heterocycles. The van der Waals surface area contributed by atoms with Gasteiger partial charge in [0.1, 0.15) is 0 Å². The molecule has 27 heavy (non-hydrogen) atoms. The van der Waals surface area contributed by atoms with Crippen LogP contribution in [0.15, 0.2) is 29.1 Å². The summed E-state index contributed by atoms with van der Waals surface area (Å²) in [4.78, 5) is 24.0. The maximum Gasteiger partial charge on any atom is 0.307 e. The fraction of sp³-hybridized carbons (Fsp3) is 0.526. The van der Waals surface area contributed by atoms with Gasteiger partial charge in [0.25, 0.3) is 10.7 Å². The van der Waals surface area contributed by atoms with Gasteiger partial charge in [0.15, 0.2) is 0 Å². The SMILES string of the molecule is CN(C)CCCn1c(OC(=S)N2CCN(C)CC2)nc2ccccc2c1=O. The number of piperazine rings is 1. The molecular weight excluding hydrogens is 362 g/mol. The van der Waals surface area contributed by atoms with E-state index in [1.807, 2.05) is 37.2 Å². The highest BCUT2D eigenvalue weighted by molar-refractivity contribution is 7.80. The van der Waals surface area contributed by atoms with E-state index < -0.39 is 0 Å². The van der Waals surface area contributed by atoms with Crippen LogP contribution in [-0.2, 0) is 6.54 Å². The lowest BCUT2D eigenvalue weighted by atomic mass is 10.2. The summed E-state index contributed by atoms with van der Waals surface area (Å²) in [7, 11) is 6.12. The van der Waals surface area contributed by atoms with Crippen molar-refractivity contribution in [2.75, 3.05) is 53.9 Å². The second-order valence-corrected chi connectivity index (χ2v) is 7.53. The minimum atomic E-state index is -0.0875. The maximum atomic E-state index is 13.0. The van der Waals surface area contributed by atoms with Gasteiger partial charge in [-0.15, -0.1) is 0 Å². The van der Waals surface area contributed by atoms with Crippen molar-refractivity contribution < 1.29 is 4.74 Å². The van der Waals surface area contributed by atoms with Gasteiger partial charge in [-0.05, 0) is 58.5 Å². The fourth-order valence-corrected chi connectivity index (χ4v) is 3.36. The maximum absolute atomic E-state index is 13.0. The molecule has 2 aromatic rings. The minimum Gasteiger partial charge on any atom is -0.398 e. The number of aromatic nitrogens is 2. The van der Waals surface area contributed by atoms with Gasteiger partial charge in [-0.1, -0.05) is 12.1 Å². The van der Waals surface area contributed by atoms with Gasteiger partial charge in [-0.3, -0.25) is 9.36 Å². The molecule has 0 atom stereocenters. The molecule has 7 nitrogen and oxygen atoms in total. The molecule has 1 aromatic carbocycles. The van der Waals surface area contributed by atoms with E-state index in [1.165, 1.54) is 0 Å². The van der Waals surface area contributed by atoms with Gasteiger partial charge >= 0.3 is 6.01 Å². The molecule has 1 aliphatic rings. The molecule has 0 radical (unpaired) electrons. The molecule has 0 bridgehead atoms. The Morgan fingerprint density at radius 1 is 1.22 bits per heavy atom. The molecule has 1 saturated heterocycles. The summed E-state index contributed by atoms with van der Waals surface area (Å²) < 4.78 is 7.55. The normalized spacial score (nSPS) is 15.5. The third kappa shape index (κ3) is 4.82. The van der Waals surface area contributed by atoms with Crippen LogP contribution in [-0.4, -0.2) is 83.3 Å². The molecule has 0 amide bonds. The van der Waals surface area contributed by atoms with E-state index in [9.17, 15) is 4.79 Å². The Morgan fingerprint density at radius 3 is 2.63 bits per heavy atom. The van der Waals surface area contributed by atoms with Gasteiger partial charge in [0.2, 0.25) is 0 Å². The van der Waals surface area contributed by atoms with E-state index in [0.717, 1.165) is 39.1 Å². The first kappa shape index (κ1) is 19.7. The number of nitrogens with zero attached hydrogens (tertiary/aromatic N) is 5. The van der Waals surface area contributed by atoms with Crippen LogP contribution in [0, 0.1) is 0 Å². The lowest BCUT2D eigenvalue weighted by Gasteiger charge is -2.33. The number of likely N-dealkylation sites (N-methyl/N-ethyl adjacent to an activating group) is 1. The number of benzene rings is 1. The first-order valence-corrected chi connectivity index (χ1v) is 9.66. The second kappa shape index (κ2) is 8.77. The zero-order valence-electron chi connectivity index (χ0n) is 16.2. The Morgan fingerprint density at radius 2 is 1.93 bits per heavy atom. The Kier molecular flexibility index (Phi) is 6.41. The van der Waals surface area contributed by atoms with E-state index in [-0.39, 0.29) is 11.6 Å². The Bertz CT molecular complexity index is 859. The van der Waals surface area contributed by atoms with Gasteiger partial charge < -0.3 is 19.4 Å². The van der Waals surface area contributed by atoms with E-state index in [0.29, 0.717) is 22.6 Å². The topological polar surface area (TPSA) is 53.8 Å². The largest absolute Gasteiger partial charge is 0.398 e. The van der Waals surface area contributed by atoms with Gasteiger partial charge in [0.05, 0.1) is 10.9 Å². The summed E-state index contributed by atoms with van der Waals surface area (Å²) >= 11 is 5.50. The van der Waals surface area contributed by atoms with Crippen LogP contribution in [0.25, 0.3) is 10.9 Å². The van der Waals surface area contributed by atoms with Crippen molar-refractivity contribution in [2.24, 2.45) is 0 Å². The van der Waals surface area contributed by atoms with Crippen LogP contribution in [0.3, 0.4) is 0 Å². The zero-order chi connectivity index (χ0) is 19.4. The van der Waals surface area contributed by atoms with Crippen molar-refractivity contribution in [1.82, 2.24) is 24.3 Å². The van der Waals surface area contributed by atoms with Crippen LogP contribution in [0.2, 0.25) is 0 Å². The first-order valence-electron chi connectivity index (χ1n) is 9.25. The highest BCUT2D eigenvalue weighted by Crippen LogP contribution is 2.15. The smallest absolute Gasteiger partial charge is 0.307 e. The zero-order valence-corrected chi connectivity index (χ0v) is 17.0. The molecule has 0 unspecified atom stereocenters. The molecule has 0 saturated carbocycles. The third-order valence-electron chi connectivity index (χ3n) is 4.75. The van der Waals surface area contributed by atoms with E-state index in [4.69, 9.17) is 17.0 Å². The summed E-state index contributed by atoms with van der Waals surface area (Å²) in [6, 6.07) is 7.63. The van der Waals surface area contributed by atoms with Gasteiger partial charge in [0, 0.05) is 32.7 Å². The molecule has 1 aromatic heterocycles. The number of hydrogen-bond donors (Lipinski definition) is 0. The predicted molar refractivity (Wildman–Crippen MR) is 111 cm³/mol. The van der Waals surface area contributed by atoms with Crippen LogP contribution < -0.4 is 10.3 Å². The Hall–Kier alpha value is -2.03. The molecule has 8 heteroatoms. The fourth-order valence-electron chi connectivity index (χ4n) is 3.10. The van der Waals surface area contributed by atoms with Crippen molar-refractivity contribution in [3.05, 3.63) is 34.6 Å². The van der Waals surface area contributed by atoms with E-state index in [2.05, 4.69) is 21.8 Å². The van der Waals surface area contributed by atoms with Crippen LogP contribution in [0.4, 0.5) is 0 Å². The average molecular weight is 390 g/mol. The van der Waals surface area contributed by atoms with Crippen LogP contribution in [0.5, 0.6) is 6.01 Å². The number of fused-ring (bicyclic) bond motifs is 1. The van der Waals surface area contributed by atoms with E-state index in [1.54, 1.807) is 10.6 Å². The molecule has 3 rings (SSSR count). The van der Waals surface area contributed by atoms with Crippen molar-refractivity contribution in [3.63, 3.8) is 0 Å². The molecule has 2 heterocycles. The standard InChI is InChI=1S/C19H27N5O2S/c1-21(2)9-6-10-24-17(25)15-7-4-5-8-16(15)20-18(24)26-19(27)23-13-11-22(3)12-14-23/h4-5,7-8H,6,9-14H2,1-3H3. The summed E-state index contributed by atoms with van der Waals surface area (Å²) in [5.41, 5.74) is 0.540. The molecule has 0 N–H and O–H groups in total. The predicted octanol–water partition coefficient (Wildman–Crippen LogP) is 1.26. The lowest BCUT2D eigenvalue weighted by molar-refractivity contribution is 0.198. The average Bonchev–Trinajstić information content (AvgIpc) is 2.64. The summed E-state index contributed by atoms with van der Waals surface area (Å²) in [6.45, 7) is 4.91. The Labute approximate surface area is 165 Å². The minimum absolute atomic E-state index is 0.0875. The third-order valence-corrected chi connectivity index (χ3v) is 5.10. The number of ether oxygens (including phenoxy) is 1. The molecule has 0 aliphatic carbocycles. The van der Waals surface area contributed by atoms with Crippen molar-refractivity contribution in [2.45, 2.75) is 13.0 Å². The molecular formula is C19H27N5O2S. The van der Waals surface area contributed by atoms with Crippen molar-refractivity contribution in [1.29, 1.82) is 0 Å². The number of hydrogen-bond acceptors (Lipinski definition) is 6. The molecule has 0 spiro atoms. The Balaban J connectivity index is 1.87. The highest BCUT2D eigenvalue weighted by atomic mass is 32.1. The first-order chi connectivity index (χ1) is 13.0. The molecule has 146 valence electrons.